The lowest BCUT2D eigenvalue weighted by Crippen LogP contribution is -2.42. The first kappa shape index (κ1) is 23.7. The van der Waals surface area contributed by atoms with Gasteiger partial charge in [-0.25, -0.2) is 0 Å². The molecule has 2 unspecified atom stereocenters. The summed E-state index contributed by atoms with van der Waals surface area (Å²) in [4.78, 5) is 15.8. The van der Waals surface area contributed by atoms with E-state index in [9.17, 15) is 4.79 Å². The quantitative estimate of drug-likeness (QED) is 0.284. The summed E-state index contributed by atoms with van der Waals surface area (Å²) in [5, 5.41) is 6.60. The molecule has 0 amide bonds. The Morgan fingerprint density at radius 1 is 1.27 bits per heavy atom. The van der Waals surface area contributed by atoms with Crippen LogP contribution < -0.4 is 10.6 Å². The number of carbonyl (C=O) groups is 1. The number of esters is 1. The average Bonchev–Trinajstić information content (AvgIpc) is 2.40. The van der Waals surface area contributed by atoms with Gasteiger partial charge >= 0.3 is 5.97 Å². The molecule has 6 heteroatoms. The Kier molecular flexibility index (Phi) is 12.9. The number of halogens is 1. The minimum Gasteiger partial charge on any atom is -0.469 e. The van der Waals surface area contributed by atoms with Crippen molar-refractivity contribution in [1.82, 2.24) is 10.6 Å². The minimum absolute atomic E-state index is 0. The molecule has 0 aromatic rings. The highest BCUT2D eigenvalue weighted by atomic mass is 127. The van der Waals surface area contributed by atoms with Crippen LogP contribution in [0, 0.1) is 11.3 Å². The van der Waals surface area contributed by atoms with Gasteiger partial charge in [0, 0.05) is 12.6 Å². The van der Waals surface area contributed by atoms with Crippen molar-refractivity contribution in [2.45, 2.75) is 60.4 Å². The molecule has 0 aromatic heterocycles. The van der Waals surface area contributed by atoms with Gasteiger partial charge in [-0.05, 0) is 32.1 Å². The second-order valence-electron chi connectivity index (χ2n) is 6.79. The molecule has 0 bridgehead atoms. The molecule has 0 aromatic carbocycles. The Labute approximate surface area is 153 Å². The van der Waals surface area contributed by atoms with Gasteiger partial charge in [0.15, 0.2) is 5.96 Å². The molecule has 0 fully saturated rings. The fraction of sp³-hybridized carbons (Fsp3) is 0.875. The zero-order valence-corrected chi connectivity index (χ0v) is 17.5. The van der Waals surface area contributed by atoms with Crippen LogP contribution in [0.4, 0.5) is 0 Å². The molecule has 0 aliphatic heterocycles. The SMILES string of the molecule is CCNC(=NCC(C)C(=O)OC)NC(C)CCC(C)(C)C.I. The second kappa shape index (κ2) is 12.0. The number of rotatable bonds is 7. The Morgan fingerprint density at radius 3 is 2.32 bits per heavy atom. The first-order valence-corrected chi connectivity index (χ1v) is 7.82. The molecular weight excluding hydrogens is 393 g/mol. The summed E-state index contributed by atoms with van der Waals surface area (Å²) in [5.41, 5.74) is 0.338. The van der Waals surface area contributed by atoms with Gasteiger partial charge in [-0.15, -0.1) is 24.0 Å². The predicted molar refractivity (Wildman–Crippen MR) is 104 cm³/mol. The fourth-order valence-electron chi connectivity index (χ4n) is 1.78. The van der Waals surface area contributed by atoms with Gasteiger partial charge in [-0.3, -0.25) is 9.79 Å². The Bertz CT molecular complexity index is 341. The zero-order valence-electron chi connectivity index (χ0n) is 15.2. The monoisotopic (exact) mass is 427 g/mol. The molecule has 0 aliphatic rings. The molecule has 0 radical (unpaired) electrons. The van der Waals surface area contributed by atoms with Crippen molar-refractivity contribution in [2.24, 2.45) is 16.3 Å². The van der Waals surface area contributed by atoms with Crippen LogP contribution in [0.1, 0.15) is 54.4 Å². The summed E-state index contributed by atoms with van der Waals surface area (Å²) in [5.74, 6) is 0.306. The average molecular weight is 427 g/mol. The standard InChI is InChI=1S/C16H33N3O2.HI/c1-8-17-15(18-11-12(2)14(20)21-7)19-13(3)9-10-16(4,5)6;/h12-13H,8-11H2,1-7H3,(H2,17,18,19);1H. The van der Waals surface area contributed by atoms with Gasteiger partial charge in [0.1, 0.15) is 0 Å². The lowest BCUT2D eigenvalue weighted by Gasteiger charge is -2.23. The van der Waals surface area contributed by atoms with E-state index >= 15 is 0 Å². The van der Waals surface area contributed by atoms with E-state index in [1.807, 2.05) is 13.8 Å². The smallest absolute Gasteiger partial charge is 0.310 e. The summed E-state index contributed by atoms with van der Waals surface area (Å²) < 4.78 is 4.71. The van der Waals surface area contributed by atoms with Gasteiger partial charge in [-0.1, -0.05) is 27.7 Å². The largest absolute Gasteiger partial charge is 0.469 e. The first-order chi connectivity index (χ1) is 9.69. The van der Waals surface area contributed by atoms with Crippen molar-refractivity contribution >= 4 is 35.9 Å². The number of hydrogen-bond acceptors (Lipinski definition) is 3. The Morgan fingerprint density at radius 2 is 1.86 bits per heavy atom. The summed E-state index contributed by atoms with van der Waals surface area (Å²) in [6.07, 6.45) is 2.24. The van der Waals surface area contributed by atoms with Crippen molar-refractivity contribution in [3.63, 3.8) is 0 Å². The third kappa shape index (κ3) is 12.1. The van der Waals surface area contributed by atoms with Gasteiger partial charge in [0.25, 0.3) is 0 Å². The Balaban J connectivity index is 0. The van der Waals surface area contributed by atoms with E-state index < -0.39 is 0 Å². The zero-order chi connectivity index (χ0) is 16.5. The summed E-state index contributed by atoms with van der Waals surface area (Å²) in [6, 6.07) is 0.343. The molecule has 5 nitrogen and oxygen atoms in total. The third-order valence-corrected chi connectivity index (χ3v) is 3.18. The molecule has 0 saturated heterocycles. The second-order valence-corrected chi connectivity index (χ2v) is 6.79. The number of guanidine groups is 1. The number of hydrogen-bond donors (Lipinski definition) is 2. The molecule has 132 valence electrons. The van der Waals surface area contributed by atoms with Crippen molar-refractivity contribution in [2.75, 3.05) is 20.2 Å². The van der Waals surface area contributed by atoms with Gasteiger partial charge in [0.05, 0.1) is 19.6 Å². The number of aliphatic imine (C=N–C) groups is 1. The van der Waals surface area contributed by atoms with Crippen LogP contribution in [-0.2, 0) is 9.53 Å². The molecule has 0 heterocycles. The lowest BCUT2D eigenvalue weighted by atomic mass is 9.89. The number of nitrogens with one attached hydrogen (secondary N) is 2. The van der Waals surface area contributed by atoms with Crippen molar-refractivity contribution in [1.29, 1.82) is 0 Å². The maximum Gasteiger partial charge on any atom is 0.310 e. The van der Waals surface area contributed by atoms with Crippen LogP contribution in [0.3, 0.4) is 0 Å². The van der Waals surface area contributed by atoms with Crippen LogP contribution in [0.2, 0.25) is 0 Å². The van der Waals surface area contributed by atoms with E-state index in [1.165, 1.54) is 7.11 Å². The highest BCUT2D eigenvalue weighted by Gasteiger charge is 2.15. The van der Waals surface area contributed by atoms with Crippen molar-refractivity contribution in [3.05, 3.63) is 0 Å². The van der Waals surface area contributed by atoms with E-state index in [2.05, 4.69) is 43.3 Å². The van der Waals surface area contributed by atoms with E-state index in [0.29, 0.717) is 18.0 Å². The number of nitrogens with zero attached hydrogens (tertiary/aromatic N) is 1. The van der Waals surface area contributed by atoms with E-state index in [0.717, 1.165) is 25.3 Å². The van der Waals surface area contributed by atoms with E-state index in [4.69, 9.17) is 4.74 Å². The maximum absolute atomic E-state index is 11.4. The summed E-state index contributed by atoms with van der Waals surface area (Å²) in [7, 11) is 1.40. The molecule has 0 rings (SSSR count). The van der Waals surface area contributed by atoms with Crippen LogP contribution in [0.15, 0.2) is 4.99 Å². The molecule has 0 saturated carbocycles. The molecule has 2 atom stereocenters. The van der Waals surface area contributed by atoms with E-state index in [1.54, 1.807) is 0 Å². The van der Waals surface area contributed by atoms with Crippen LogP contribution >= 0.6 is 24.0 Å². The van der Waals surface area contributed by atoms with Crippen molar-refractivity contribution < 1.29 is 9.53 Å². The van der Waals surface area contributed by atoms with Crippen molar-refractivity contribution in [3.8, 4) is 0 Å². The molecule has 0 aliphatic carbocycles. The van der Waals surface area contributed by atoms with Crippen LogP contribution in [0.25, 0.3) is 0 Å². The molecule has 22 heavy (non-hydrogen) atoms. The molecule has 2 N–H and O–H groups in total. The summed E-state index contributed by atoms with van der Waals surface area (Å²) in [6.45, 7) is 14.0. The normalized spacial score (nSPS) is 14.6. The van der Waals surface area contributed by atoms with E-state index in [-0.39, 0.29) is 35.9 Å². The van der Waals surface area contributed by atoms with Gasteiger partial charge in [0.2, 0.25) is 0 Å². The molecular formula is C16H34IN3O2. The molecule has 0 spiro atoms. The highest BCUT2D eigenvalue weighted by molar-refractivity contribution is 14.0. The minimum atomic E-state index is -0.227. The number of methoxy groups -OCH3 is 1. The fourth-order valence-corrected chi connectivity index (χ4v) is 1.78. The van der Waals surface area contributed by atoms with Gasteiger partial charge < -0.3 is 15.4 Å². The third-order valence-electron chi connectivity index (χ3n) is 3.18. The van der Waals surface area contributed by atoms with Gasteiger partial charge in [-0.2, -0.15) is 0 Å². The first-order valence-electron chi connectivity index (χ1n) is 7.82. The van der Waals surface area contributed by atoms with Crippen LogP contribution in [-0.4, -0.2) is 38.2 Å². The maximum atomic E-state index is 11.4. The summed E-state index contributed by atoms with van der Waals surface area (Å²) >= 11 is 0. The lowest BCUT2D eigenvalue weighted by molar-refractivity contribution is -0.144. The number of carbonyl (C=O) groups excluding carboxylic acids is 1. The van der Waals surface area contributed by atoms with Crippen LogP contribution in [0.5, 0.6) is 0 Å². The number of ether oxygens (including phenoxy) is 1. The predicted octanol–water partition coefficient (Wildman–Crippen LogP) is 3.18. The topological polar surface area (TPSA) is 62.7 Å². The highest BCUT2D eigenvalue weighted by Crippen LogP contribution is 2.21. The Hall–Kier alpha value is -0.530.